The van der Waals surface area contributed by atoms with Gasteiger partial charge in [0.2, 0.25) is 0 Å². The highest BCUT2D eigenvalue weighted by Crippen LogP contribution is 2.47. The molecular weight excluding hydrogens is 358 g/mol. The summed E-state index contributed by atoms with van der Waals surface area (Å²) in [5.74, 6) is -0.702. The molecule has 0 heterocycles. The number of aliphatic hydroxyl groups is 1. The number of carbonyl (C=O) groups is 1. The van der Waals surface area contributed by atoms with Crippen molar-refractivity contribution < 1.29 is 14.8 Å². The van der Waals surface area contributed by atoms with Crippen LogP contribution in [0.5, 0.6) is 0 Å². The molecule has 0 atom stereocenters. The van der Waals surface area contributed by atoms with Crippen molar-refractivity contribution in [2.45, 2.75) is 5.60 Å². The first-order chi connectivity index (χ1) is 13.5. The van der Waals surface area contributed by atoms with Crippen LogP contribution in [0, 0.1) is 10.1 Å². The van der Waals surface area contributed by atoms with Gasteiger partial charge in [0.05, 0.1) is 11.1 Å². The monoisotopic (exact) mass is 373 g/mol. The number of carbonyl (C=O) groups excluding carboxylic acids is 1. The molecule has 28 heavy (non-hydrogen) atoms. The van der Waals surface area contributed by atoms with Gasteiger partial charge in [0.25, 0.3) is 11.6 Å². The van der Waals surface area contributed by atoms with E-state index in [4.69, 9.17) is 0 Å². The van der Waals surface area contributed by atoms with E-state index < -0.39 is 16.4 Å². The lowest BCUT2D eigenvalue weighted by molar-refractivity contribution is -0.384. The summed E-state index contributed by atoms with van der Waals surface area (Å²) >= 11 is 0. The first-order valence-electron chi connectivity index (χ1n) is 8.51. The number of rotatable bonds is 4. The first kappa shape index (κ1) is 17.6. The minimum Gasteiger partial charge on any atom is -0.372 e. The Hall–Kier alpha value is -3.84. The molecule has 1 aliphatic carbocycles. The van der Waals surface area contributed by atoms with Crippen LogP contribution in [0.4, 0.5) is 5.69 Å². The van der Waals surface area contributed by atoms with E-state index in [1.807, 2.05) is 24.3 Å². The van der Waals surface area contributed by atoms with Crippen molar-refractivity contribution in [2.24, 2.45) is 5.10 Å². The molecule has 1 amide bonds. The molecule has 0 unspecified atom stereocenters. The first-order valence-corrected chi connectivity index (χ1v) is 8.51. The maximum absolute atomic E-state index is 12.9. The van der Waals surface area contributed by atoms with E-state index in [9.17, 15) is 20.0 Å². The molecule has 0 saturated heterocycles. The smallest absolute Gasteiger partial charge is 0.281 e. The second-order valence-corrected chi connectivity index (χ2v) is 6.35. The molecule has 3 aromatic rings. The number of hydrogen-bond donors (Lipinski definition) is 2. The fourth-order valence-electron chi connectivity index (χ4n) is 3.42. The van der Waals surface area contributed by atoms with Crippen molar-refractivity contribution in [1.82, 2.24) is 5.43 Å². The van der Waals surface area contributed by atoms with Crippen molar-refractivity contribution in [3.63, 3.8) is 0 Å². The van der Waals surface area contributed by atoms with Crippen molar-refractivity contribution >= 4 is 17.8 Å². The molecule has 0 radical (unpaired) electrons. The highest BCUT2D eigenvalue weighted by molar-refractivity contribution is 5.99. The van der Waals surface area contributed by atoms with E-state index >= 15 is 0 Å². The zero-order valence-electron chi connectivity index (χ0n) is 14.6. The minimum absolute atomic E-state index is 0.0763. The third-order valence-corrected chi connectivity index (χ3v) is 4.71. The van der Waals surface area contributed by atoms with Gasteiger partial charge in [0.15, 0.2) is 5.60 Å². The van der Waals surface area contributed by atoms with Gasteiger partial charge in [-0.15, -0.1) is 0 Å². The van der Waals surface area contributed by atoms with E-state index in [1.54, 1.807) is 30.3 Å². The Morgan fingerprint density at radius 1 is 1.00 bits per heavy atom. The number of nitrogens with zero attached hydrogens (tertiary/aromatic N) is 2. The van der Waals surface area contributed by atoms with Crippen LogP contribution in [-0.4, -0.2) is 22.2 Å². The third-order valence-electron chi connectivity index (χ3n) is 4.71. The molecule has 7 heteroatoms. The van der Waals surface area contributed by atoms with Crippen LogP contribution in [0.3, 0.4) is 0 Å². The van der Waals surface area contributed by atoms with E-state index in [1.165, 1.54) is 24.4 Å². The summed E-state index contributed by atoms with van der Waals surface area (Å²) in [5, 5.41) is 26.0. The molecule has 0 fully saturated rings. The van der Waals surface area contributed by atoms with Crippen LogP contribution >= 0.6 is 0 Å². The van der Waals surface area contributed by atoms with Gasteiger partial charge in [-0.3, -0.25) is 14.9 Å². The van der Waals surface area contributed by atoms with Gasteiger partial charge in [0, 0.05) is 28.8 Å². The van der Waals surface area contributed by atoms with Crippen molar-refractivity contribution in [1.29, 1.82) is 0 Å². The summed E-state index contributed by atoms with van der Waals surface area (Å²) in [7, 11) is 0. The molecule has 2 N–H and O–H groups in total. The van der Waals surface area contributed by atoms with Gasteiger partial charge in [-0.25, -0.2) is 5.43 Å². The minimum atomic E-state index is -1.87. The molecule has 0 aromatic heterocycles. The topological polar surface area (TPSA) is 105 Å². The zero-order chi connectivity index (χ0) is 19.7. The number of nitro benzene ring substituents is 1. The van der Waals surface area contributed by atoms with Crippen LogP contribution < -0.4 is 5.43 Å². The number of benzene rings is 3. The number of hydrazone groups is 1. The molecule has 1 aliphatic rings. The number of amides is 1. The predicted octanol–water partition coefficient (Wildman–Crippen LogP) is 2.96. The lowest BCUT2D eigenvalue weighted by atomic mass is 9.91. The number of fused-ring (bicyclic) bond motifs is 3. The Kier molecular flexibility index (Phi) is 4.21. The molecule has 0 bridgehead atoms. The number of nitrogens with one attached hydrogen (secondary N) is 1. The fourth-order valence-corrected chi connectivity index (χ4v) is 3.42. The van der Waals surface area contributed by atoms with Crippen molar-refractivity contribution in [3.05, 3.63) is 99.6 Å². The Morgan fingerprint density at radius 3 is 2.21 bits per heavy atom. The van der Waals surface area contributed by atoms with Crippen LogP contribution in [0.2, 0.25) is 0 Å². The molecule has 0 spiro atoms. The summed E-state index contributed by atoms with van der Waals surface area (Å²) in [5.41, 5.74) is 3.41. The molecule has 3 aromatic carbocycles. The molecule has 0 saturated carbocycles. The fraction of sp³-hybridized carbons (Fsp3) is 0.0476. The van der Waals surface area contributed by atoms with E-state index in [2.05, 4.69) is 10.5 Å². The van der Waals surface area contributed by atoms with Crippen LogP contribution in [0.1, 0.15) is 16.7 Å². The largest absolute Gasteiger partial charge is 0.372 e. The van der Waals surface area contributed by atoms with E-state index in [-0.39, 0.29) is 5.69 Å². The van der Waals surface area contributed by atoms with E-state index in [0.29, 0.717) is 16.7 Å². The summed E-state index contributed by atoms with van der Waals surface area (Å²) in [6.07, 6.45) is 1.29. The predicted molar refractivity (Wildman–Crippen MR) is 104 cm³/mol. The highest BCUT2D eigenvalue weighted by Gasteiger charge is 2.47. The Labute approximate surface area is 160 Å². The Morgan fingerprint density at radius 2 is 1.61 bits per heavy atom. The average Bonchev–Trinajstić information content (AvgIpc) is 2.99. The van der Waals surface area contributed by atoms with Crippen LogP contribution in [0.25, 0.3) is 11.1 Å². The summed E-state index contributed by atoms with van der Waals surface area (Å²) in [6, 6.07) is 20.2. The maximum atomic E-state index is 12.9. The van der Waals surface area contributed by atoms with Crippen molar-refractivity contribution in [3.8, 4) is 11.1 Å². The number of hydrogen-bond acceptors (Lipinski definition) is 5. The van der Waals surface area contributed by atoms with Gasteiger partial charge in [-0.05, 0) is 11.1 Å². The number of nitro groups is 1. The molecular formula is C21H15N3O4. The zero-order valence-corrected chi connectivity index (χ0v) is 14.6. The standard InChI is InChI=1S/C21H15N3O4/c25-20(23-22-13-14-6-5-7-15(12-14)24(27)28)21(26)18-10-3-1-8-16(18)17-9-2-4-11-19(17)21/h1-13,26H,(H,23,25)/b22-13+. The van der Waals surface area contributed by atoms with Crippen LogP contribution in [-0.2, 0) is 10.4 Å². The SMILES string of the molecule is O=C(N/N=C/c1cccc([N+](=O)[O-])c1)C1(O)c2ccccc2-c2ccccc21. The maximum Gasteiger partial charge on any atom is 0.281 e. The highest BCUT2D eigenvalue weighted by atomic mass is 16.6. The Balaban J connectivity index is 1.63. The lowest BCUT2D eigenvalue weighted by Gasteiger charge is -2.23. The second kappa shape index (κ2) is 6.71. The van der Waals surface area contributed by atoms with Crippen molar-refractivity contribution in [2.75, 3.05) is 0 Å². The molecule has 4 rings (SSSR count). The van der Waals surface area contributed by atoms with E-state index in [0.717, 1.165) is 11.1 Å². The van der Waals surface area contributed by atoms with Gasteiger partial charge in [0.1, 0.15) is 0 Å². The molecule has 7 nitrogen and oxygen atoms in total. The quantitative estimate of drug-likeness (QED) is 0.417. The van der Waals surface area contributed by atoms with Gasteiger partial charge >= 0.3 is 0 Å². The Bertz CT molecular complexity index is 1080. The lowest BCUT2D eigenvalue weighted by Crippen LogP contribution is -2.42. The van der Waals surface area contributed by atoms with Gasteiger partial charge in [-0.2, -0.15) is 5.10 Å². The number of non-ortho nitro benzene ring substituents is 1. The second-order valence-electron chi connectivity index (χ2n) is 6.35. The molecule has 0 aliphatic heterocycles. The third kappa shape index (κ3) is 2.74. The average molecular weight is 373 g/mol. The summed E-state index contributed by atoms with van der Waals surface area (Å²) in [6.45, 7) is 0. The van der Waals surface area contributed by atoms with Crippen LogP contribution in [0.15, 0.2) is 77.9 Å². The molecule has 138 valence electrons. The van der Waals surface area contributed by atoms with Gasteiger partial charge in [-0.1, -0.05) is 60.7 Å². The van der Waals surface area contributed by atoms with Gasteiger partial charge < -0.3 is 5.11 Å². The summed E-state index contributed by atoms with van der Waals surface area (Å²) < 4.78 is 0. The summed E-state index contributed by atoms with van der Waals surface area (Å²) in [4.78, 5) is 23.2. The normalized spacial score (nSPS) is 13.8.